The van der Waals surface area contributed by atoms with Crippen molar-refractivity contribution < 1.29 is 9.94 Å². The minimum absolute atomic E-state index is 0.0606. The van der Waals surface area contributed by atoms with Gasteiger partial charge in [0.15, 0.2) is 0 Å². The van der Waals surface area contributed by atoms with Crippen LogP contribution in [0.4, 0.5) is 0 Å². The van der Waals surface area contributed by atoms with Crippen LogP contribution in [0.2, 0.25) is 0 Å². The molecule has 0 aromatic rings. The topological polar surface area (TPSA) is 58.7 Å². The SMILES string of the molecule is NOCCCN1C2CCC1CC(O)C2. The van der Waals surface area contributed by atoms with Crippen LogP contribution in [0.3, 0.4) is 0 Å². The molecule has 2 unspecified atom stereocenters. The van der Waals surface area contributed by atoms with Crippen LogP contribution < -0.4 is 5.90 Å². The molecule has 0 amide bonds. The lowest BCUT2D eigenvalue weighted by atomic mass is 10.00. The average Bonchev–Trinajstić information content (AvgIpc) is 2.42. The van der Waals surface area contributed by atoms with Crippen molar-refractivity contribution in [3.05, 3.63) is 0 Å². The second-order valence-electron chi connectivity index (χ2n) is 4.47. The first-order valence-electron chi connectivity index (χ1n) is 5.56. The second kappa shape index (κ2) is 4.57. The zero-order valence-corrected chi connectivity index (χ0v) is 8.56. The largest absolute Gasteiger partial charge is 0.393 e. The van der Waals surface area contributed by atoms with Crippen LogP contribution in [0.1, 0.15) is 32.1 Å². The van der Waals surface area contributed by atoms with Crippen molar-refractivity contribution in [1.82, 2.24) is 4.90 Å². The smallest absolute Gasteiger partial charge is 0.0691 e. The molecule has 0 radical (unpaired) electrons. The second-order valence-corrected chi connectivity index (χ2v) is 4.47. The molecule has 2 atom stereocenters. The summed E-state index contributed by atoms with van der Waals surface area (Å²) in [4.78, 5) is 7.10. The number of hydrogen-bond acceptors (Lipinski definition) is 4. The molecule has 0 aromatic carbocycles. The Morgan fingerprint density at radius 3 is 2.50 bits per heavy atom. The van der Waals surface area contributed by atoms with Gasteiger partial charge in [0.1, 0.15) is 0 Å². The molecular formula is C10H20N2O2. The van der Waals surface area contributed by atoms with Crippen LogP contribution in [0, 0.1) is 0 Å². The monoisotopic (exact) mass is 200 g/mol. The van der Waals surface area contributed by atoms with E-state index in [1.165, 1.54) is 12.8 Å². The highest BCUT2D eigenvalue weighted by atomic mass is 16.6. The molecule has 0 spiro atoms. The van der Waals surface area contributed by atoms with Crippen molar-refractivity contribution in [3.8, 4) is 0 Å². The Balaban J connectivity index is 1.82. The fraction of sp³-hybridized carbons (Fsp3) is 1.00. The lowest BCUT2D eigenvalue weighted by molar-refractivity contribution is 0.0287. The number of piperidine rings is 1. The van der Waals surface area contributed by atoms with E-state index >= 15 is 0 Å². The number of nitrogens with two attached hydrogens (primary N) is 1. The van der Waals surface area contributed by atoms with Gasteiger partial charge in [-0.2, -0.15) is 0 Å². The van der Waals surface area contributed by atoms with Gasteiger partial charge in [-0.25, -0.2) is 5.90 Å². The summed E-state index contributed by atoms with van der Waals surface area (Å²) < 4.78 is 0. The molecule has 2 rings (SSSR count). The van der Waals surface area contributed by atoms with Gasteiger partial charge in [-0.1, -0.05) is 0 Å². The van der Waals surface area contributed by atoms with Gasteiger partial charge in [0.25, 0.3) is 0 Å². The van der Waals surface area contributed by atoms with Crippen LogP contribution in [0.5, 0.6) is 0 Å². The minimum Gasteiger partial charge on any atom is -0.393 e. The quantitative estimate of drug-likeness (QED) is 0.504. The maximum Gasteiger partial charge on any atom is 0.0691 e. The Bertz CT molecular complexity index is 175. The zero-order valence-electron chi connectivity index (χ0n) is 8.56. The molecule has 82 valence electrons. The first-order valence-corrected chi connectivity index (χ1v) is 5.56. The number of fused-ring (bicyclic) bond motifs is 2. The summed E-state index contributed by atoms with van der Waals surface area (Å²) in [5, 5.41) is 9.61. The Labute approximate surface area is 85.0 Å². The third-order valence-electron chi connectivity index (χ3n) is 3.54. The summed E-state index contributed by atoms with van der Waals surface area (Å²) in [7, 11) is 0. The summed E-state index contributed by atoms with van der Waals surface area (Å²) in [6.45, 7) is 1.71. The maximum atomic E-state index is 9.61. The van der Waals surface area contributed by atoms with E-state index in [-0.39, 0.29) is 6.10 Å². The highest BCUT2D eigenvalue weighted by Gasteiger charge is 2.39. The van der Waals surface area contributed by atoms with E-state index in [2.05, 4.69) is 9.74 Å². The van der Waals surface area contributed by atoms with E-state index in [1.807, 2.05) is 0 Å². The van der Waals surface area contributed by atoms with Gasteiger partial charge in [-0.3, -0.25) is 4.90 Å². The standard InChI is InChI=1S/C10H20N2O2/c11-14-5-1-4-12-8-2-3-9(12)7-10(13)6-8/h8-10,13H,1-7,11H2. The van der Waals surface area contributed by atoms with Gasteiger partial charge < -0.3 is 9.94 Å². The van der Waals surface area contributed by atoms with Gasteiger partial charge in [-0.05, 0) is 32.1 Å². The Hall–Kier alpha value is -0.160. The molecule has 4 nitrogen and oxygen atoms in total. The van der Waals surface area contributed by atoms with Crippen molar-refractivity contribution >= 4 is 0 Å². The van der Waals surface area contributed by atoms with Gasteiger partial charge in [0.05, 0.1) is 12.7 Å². The summed E-state index contributed by atoms with van der Waals surface area (Å²) in [5.74, 6) is 4.99. The van der Waals surface area contributed by atoms with Crippen molar-refractivity contribution in [3.63, 3.8) is 0 Å². The first kappa shape index (κ1) is 10.4. The molecule has 0 saturated carbocycles. The number of aliphatic hydroxyl groups excluding tert-OH is 1. The molecule has 2 bridgehead atoms. The van der Waals surface area contributed by atoms with Crippen LogP contribution >= 0.6 is 0 Å². The molecule has 0 aromatic heterocycles. The van der Waals surface area contributed by atoms with E-state index in [0.29, 0.717) is 18.7 Å². The molecular weight excluding hydrogens is 180 g/mol. The minimum atomic E-state index is -0.0606. The van der Waals surface area contributed by atoms with E-state index in [0.717, 1.165) is 25.8 Å². The molecule has 2 heterocycles. The van der Waals surface area contributed by atoms with Crippen molar-refractivity contribution in [1.29, 1.82) is 0 Å². The highest BCUT2D eigenvalue weighted by molar-refractivity contribution is 4.94. The molecule has 2 aliphatic heterocycles. The van der Waals surface area contributed by atoms with Crippen molar-refractivity contribution in [2.75, 3.05) is 13.2 Å². The number of nitrogens with zero attached hydrogens (tertiary/aromatic N) is 1. The fourth-order valence-corrected chi connectivity index (χ4v) is 2.94. The Morgan fingerprint density at radius 2 is 1.93 bits per heavy atom. The van der Waals surface area contributed by atoms with Gasteiger partial charge >= 0.3 is 0 Å². The molecule has 2 saturated heterocycles. The van der Waals surface area contributed by atoms with E-state index in [1.54, 1.807) is 0 Å². The van der Waals surface area contributed by atoms with Crippen LogP contribution in [0.15, 0.2) is 0 Å². The predicted octanol–water partition coefficient (Wildman–Crippen LogP) is 0.254. The normalized spacial score (nSPS) is 37.7. The van der Waals surface area contributed by atoms with Crippen LogP contribution in [0.25, 0.3) is 0 Å². The summed E-state index contributed by atoms with van der Waals surface area (Å²) in [6.07, 6.45) is 5.37. The van der Waals surface area contributed by atoms with Gasteiger partial charge in [0, 0.05) is 18.6 Å². The molecule has 2 fully saturated rings. The van der Waals surface area contributed by atoms with Gasteiger partial charge in [0.2, 0.25) is 0 Å². The first-order chi connectivity index (χ1) is 6.81. The maximum absolute atomic E-state index is 9.61. The predicted molar refractivity (Wildman–Crippen MR) is 53.5 cm³/mol. The van der Waals surface area contributed by atoms with Crippen LogP contribution in [-0.4, -0.2) is 41.3 Å². The molecule has 3 N–H and O–H groups in total. The van der Waals surface area contributed by atoms with E-state index in [9.17, 15) is 5.11 Å². The van der Waals surface area contributed by atoms with Gasteiger partial charge in [-0.15, -0.1) is 0 Å². The number of hydrogen-bond donors (Lipinski definition) is 2. The van der Waals surface area contributed by atoms with Crippen molar-refractivity contribution in [2.45, 2.75) is 50.3 Å². The third-order valence-corrected chi connectivity index (χ3v) is 3.54. The Morgan fingerprint density at radius 1 is 1.29 bits per heavy atom. The molecule has 2 aliphatic rings. The Kier molecular flexibility index (Phi) is 3.38. The van der Waals surface area contributed by atoms with E-state index < -0.39 is 0 Å². The average molecular weight is 200 g/mol. The fourth-order valence-electron chi connectivity index (χ4n) is 2.94. The lowest BCUT2D eigenvalue weighted by Crippen LogP contribution is -2.45. The number of aliphatic hydroxyl groups is 1. The molecule has 4 heteroatoms. The lowest BCUT2D eigenvalue weighted by Gasteiger charge is -2.37. The van der Waals surface area contributed by atoms with Crippen LogP contribution in [-0.2, 0) is 4.84 Å². The molecule has 14 heavy (non-hydrogen) atoms. The summed E-state index contributed by atoms with van der Waals surface area (Å²) >= 11 is 0. The summed E-state index contributed by atoms with van der Waals surface area (Å²) in [5.41, 5.74) is 0. The molecule has 0 aliphatic carbocycles. The highest BCUT2D eigenvalue weighted by Crippen LogP contribution is 2.35. The van der Waals surface area contributed by atoms with E-state index in [4.69, 9.17) is 5.90 Å². The summed E-state index contributed by atoms with van der Waals surface area (Å²) in [6, 6.07) is 1.23. The third kappa shape index (κ3) is 2.08. The number of rotatable bonds is 4. The van der Waals surface area contributed by atoms with Crippen molar-refractivity contribution in [2.24, 2.45) is 5.90 Å². The zero-order chi connectivity index (χ0) is 9.97.